The minimum absolute atomic E-state index is 0.0618. The number of hydrogen-bond donors (Lipinski definition) is 1. The van der Waals surface area contributed by atoms with Crippen molar-refractivity contribution in [3.63, 3.8) is 0 Å². The molecule has 0 aliphatic carbocycles. The predicted octanol–water partition coefficient (Wildman–Crippen LogP) is 5.91. The summed E-state index contributed by atoms with van der Waals surface area (Å²) in [6.45, 7) is 12.8. The number of amides is 3. The molecule has 1 N–H and O–H groups in total. The lowest BCUT2D eigenvalue weighted by Gasteiger charge is -2.44. The van der Waals surface area contributed by atoms with Crippen LogP contribution in [0.25, 0.3) is 0 Å². The highest BCUT2D eigenvalue weighted by atomic mass is 16.6. The van der Waals surface area contributed by atoms with Gasteiger partial charge in [0, 0.05) is 18.7 Å². The number of likely N-dealkylation sites (tertiary alicyclic amines) is 1. The summed E-state index contributed by atoms with van der Waals surface area (Å²) in [5.41, 5.74) is 2.10. The van der Waals surface area contributed by atoms with Crippen LogP contribution >= 0.6 is 0 Å². The second-order valence-electron chi connectivity index (χ2n) is 12.4. The van der Waals surface area contributed by atoms with E-state index in [0.717, 1.165) is 17.5 Å². The molecule has 2 unspecified atom stereocenters. The molecular formula is C32H42N4O5. The van der Waals surface area contributed by atoms with Crippen molar-refractivity contribution < 1.29 is 23.9 Å². The van der Waals surface area contributed by atoms with Gasteiger partial charge >= 0.3 is 12.2 Å². The number of para-hydroxylation sites is 1. The highest BCUT2D eigenvalue weighted by Gasteiger charge is 2.43. The van der Waals surface area contributed by atoms with Crippen LogP contribution in [0.1, 0.15) is 71.9 Å². The highest BCUT2D eigenvalue weighted by molar-refractivity contribution is 6.15. The summed E-state index contributed by atoms with van der Waals surface area (Å²) in [5.74, 6) is -0.357. The monoisotopic (exact) mass is 562 g/mol. The molecule has 0 saturated carbocycles. The SMILES string of the molecule is CCCN1C(=O)C(NC(=O)OCc2ccccc2)N=C(C2CC(C)(C)CCN2C(=O)OC(C)(C)C)c2ccccc21. The van der Waals surface area contributed by atoms with Crippen molar-refractivity contribution in [2.45, 2.75) is 85.2 Å². The average molecular weight is 563 g/mol. The third kappa shape index (κ3) is 7.45. The zero-order chi connectivity index (χ0) is 29.8. The zero-order valence-electron chi connectivity index (χ0n) is 25.0. The van der Waals surface area contributed by atoms with E-state index in [1.807, 2.05) is 82.3 Å². The van der Waals surface area contributed by atoms with Crippen molar-refractivity contribution in [3.8, 4) is 0 Å². The molecule has 3 amide bonds. The summed E-state index contributed by atoms with van der Waals surface area (Å²) in [6, 6.07) is 16.5. The molecule has 2 aromatic carbocycles. The van der Waals surface area contributed by atoms with Crippen molar-refractivity contribution in [2.24, 2.45) is 10.4 Å². The maximum Gasteiger partial charge on any atom is 0.410 e. The summed E-state index contributed by atoms with van der Waals surface area (Å²) >= 11 is 0. The lowest BCUT2D eigenvalue weighted by atomic mass is 9.76. The van der Waals surface area contributed by atoms with E-state index < -0.39 is 30.0 Å². The molecule has 0 spiro atoms. The normalized spacial score (nSPS) is 20.4. The molecule has 2 aromatic rings. The third-order valence-corrected chi connectivity index (χ3v) is 7.25. The van der Waals surface area contributed by atoms with Crippen molar-refractivity contribution in [1.29, 1.82) is 0 Å². The standard InChI is InChI=1S/C32H42N4O5/c1-7-18-35-24-16-12-11-15-23(24)26(25-20-32(5,6)17-19-36(25)30(39)41-31(2,3)4)33-27(28(35)37)34-29(38)40-21-22-13-9-8-10-14-22/h8-16,25,27H,7,17-21H2,1-6H3,(H,34,38). The summed E-state index contributed by atoms with van der Waals surface area (Å²) in [6.07, 6.45) is -0.269. The van der Waals surface area contributed by atoms with Gasteiger partial charge in [0.25, 0.3) is 5.91 Å². The molecule has 1 saturated heterocycles. The van der Waals surface area contributed by atoms with Gasteiger partial charge < -0.3 is 14.4 Å². The molecule has 9 heteroatoms. The van der Waals surface area contributed by atoms with Crippen LogP contribution in [0.2, 0.25) is 0 Å². The minimum atomic E-state index is -1.22. The Hall–Kier alpha value is -3.88. The van der Waals surface area contributed by atoms with Crippen molar-refractivity contribution >= 4 is 29.5 Å². The summed E-state index contributed by atoms with van der Waals surface area (Å²) in [5, 5.41) is 2.70. The third-order valence-electron chi connectivity index (χ3n) is 7.25. The molecule has 2 heterocycles. The average Bonchev–Trinajstić information content (AvgIpc) is 3.02. The molecule has 0 radical (unpaired) electrons. The number of rotatable bonds is 6. The van der Waals surface area contributed by atoms with Gasteiger partial charge in [-0.3, -0.25) is 20.0 Å². The Morgan fingerprint density at radius 1 is 1.07 bits per heavy atom. The molecule has 2 aliphatic heterocycles. The number of benzodiazepines with no additional fused rings is 1. The van der Waals surface area contributed by atoms with E-state index in [2.05, 4.69) is 19.2 Å². The van der Waals surface area contributed by atoms with E-state index in [0.29, 0.717) is 37.3 Å². The van der Waals surface area contributed by atoms with Crippen molar-refractivity contribution in [2.75, 3.05) is 18.0 Å². The fourth-order valence-corrected chi connectivity index (χ4v) is 5.24. The summed E-state index contributed by atoms with van der Waals surface area (Å²) in [4.78, 5) is 48.6. The Morgan fingerprint density at radius 2 is 1.76 bits per heavy atom. The second-order valence-corrected chi connectivity index (χ2v) is 12.4. The zero-order valence-corrected chi connectivity index (χ0v) is 25.0. The molecule has 1 fully saturated rings. The van der Waals surface area contributed by atoms with Crippen LogP contribution < -0.4 is 10.2 Å². The first kappa shape index (κ1) is 30.1. The van der Waals surface area contributed by atoms with Gasteiger partial charge in [-0.15, -0.1) is 0 Å². The van der Waals surface area contributed by atoms with Gasteiger partial charge in [0.1, 0.15) is 12.2 Å². The van der Waals surface area contributed by atoms with Crippen LogP contribution in [0, 0.1) is 5.41 Å². The van der Waals surface area contributed by atoms with E-state index in [1.54, 1.807) is 9.80 Å². The number of ether oxygens (including phenoxy) is 2. The molecule has 9 nitrogen and oxygen atoms in total. The van der Waals surface area contributed by atoms with Gasteiger partial charge in [0.2, 0.25) is 6.17 Å². The molecule has 41 heavy (non-hydrogen) atoms. The molecule has 2 aliphatic rings. The van der Waals surface area contributed by atoms with E-state index in [1.165, 1.54) is 0 Å². The number of nitrogens with one attached hydrogen (secondary N) is 1. The Bertz CT molecular complexity index is 1280. The first-order valence-electron chi connectivity index (χ1n) is 14.3. The van der Waals surface area contributed by atoms with Gasteiger partial charge in [-0.2, -0.15) is 0 Å². The van der Waals surface area contributed by atoms with Crippen LogP contribution in [0.5, 0.6) is 0 Å². The lowest BCUT2D eigenvalue weighted by Crippen LogP contribution is -2.54. The van der Waals surface area contributed by atoms with Crippen LogP contribution in [0.15, 0.2) is 59.6 Å². The topological polar surface area (TPSA) is 101 Å². The van der Waals surface area contributed by atoms with Crippen molar-refractivity contribution in [1.82, 2.24) is 10.2 Å². The lowest BCUT2D eigenvalue weighted by molar-refractivity contribution is -0.120. The van der Waals surface area contributed by atoms with E-state index in [9.17, 15) is 14.4 Å². The van der Waals surface area contributed by atoms with Crippen LogP contribution in [-0.4, -0.2) is 59.6 Å². The Balaban J connectivity index is 1.74. The largest absolute Gasteiger partial charge is 0.445 e. The van der Waals surface area contributed by atoms with Crippen LogP contribution in [-0.2, 0) is 20.9 Å². The maximum absolute atomic E-state index is 13.9. The number of nitrogens with zero attached hydrogens (tertiary/aromatic N) is 3. The molecule has 2 atom stereocenters. The number of anilines is 1. The van der Waals surface area contributed by atoms with E-state index in [4.69, 9.17) is 14.5 Å². The van der Waals surface area contributed by atoms with E-state index in [-0.39, 0.29) is 17.9 Å². The Kier molecular flexibility index (Phi) is 9.05. The first-order chi connectivity index (χ1) is 19.4. The number of carbonyl (C=O) groups excluding carboxylic acids is 3. The second kappa shape index (κ2) is 12.3. The maximum atomic E-state index is 13.9. The highest BCUT2D eigenvalue weighted by Crippen LogP contribution is 2.38. The van der Waals surface area contributed by atoms with Crippen LogP contribution in [0.4, 0.5) is 15.3 Å². The van der Waals surface area contributed by atoms with Gasteiger partial charge in [-0.1, -0.05) is 69.3 Å². The number of hydrogen-bond acceptors (Lipinski definition) is 6. The summed E-state index contributed by atoms with van der Waals surface area (Å²) < 4.78 is 11.2. The van der Waals surface area contributed by atoms with Gasteiger partial charge in [0.15, 0.2) is 0 Å². The van der Waals surface area contributed by atoms with E-state index >= 15 is 0 Å². The number of alkyl carbamates (subject to hydrolysis) is 1. The number of carbonyl (C=O) groups is 3. The molecule has 4 rings (SSSR count). The van der Waals surface area contributed by atoms with Gasteiger partial charge in [-0.25, -0.2) is 9.59 Å². The Labute approximate surface area is 242 Å². The fourth-order valence-electron chi connectivity index (χ4n) is 5.24. The predicted molar refractivity (Wildman–Crippen MR) is 159 cm³/mol. The number of piperidine rings is 1. The van der Waals surface area contributed by atoms with Gasteiger partial charge in [-0.05, 0) is 57.1 Å². The minimum Gasteiger partial charge on any atom is -0.445 e. The molecule has 220 valence electrons. The number of benzene rings is 2. The summed E-state index contributed by atoms with van der Waals surface area (Å²) in [7, 11) is 0. The fraction of sp³-hybridized carbons (Fsp3) is 0.500. The molecular weight excluding hydrogens is 520 g/mol. The smallest absolute Gasteiger partial charge is 0.410 e. The van der Waals surface area contributed by atoms with Crippen LogP contribution in [0.3, 0.4) is 0 Å². The Morgan fingerprint density at radius 3 is 2.44 bits per heavy atom. The van der Waals surface area contributed by atoms with Gasteiger partial charge in [0.05, 0.1) is 17.4 Å². The first-order valence-corrected chi connectivity index (χ1v) is 14.3. The number of aliphatic imine (C=N–C) groups is 1. The number of fused-ring (bicyclic) bond motifs is 1. The quantitative estimate of drug-likeness (QED) is 0.472. The molecule has 0 aromatic heterocycles. The molecule has 0 bridgehead atoms. The van der Waals surface area contributed by atoms with Crippen molar-refractivity contribution in [3.05, 3.63) is 65.7 Å².